The summed E-state index contributed by atoms with van der Waals surface area (Å²) in [5, 5.41) is 0. The first-order valence-corrected chi connectivity index (χ1v) is 29.3. The molecule has 0 saturated heterocycles. The maximum absolute atomic E-state index is 3.67. The van der Waals surface area contributed by atoms with Crippen LogP contribution >= 0.6 is 24.8 Å². The van der Waals surface area contributed by atoms with E-state index >= 15 is 0 Å². The number of aryl methyl sites for hydroxylation is 2. The third kappa shape index (κ3) is 5.43. The van der Waals surface area contributed by atoms with Crippen molar-refractivity contribution in [3.63, 3.8) is 0 Å². The van der Waals surface area contributed by atoms with Gasteiger partial charge in [0.2, 0.25) is 0 Å². The summed E-state index contributed by atoms with van der Waals surface area (Å²) < 4.78 is 6.59. The Bertz CT molecular complexity index is 1890. The summed E-state index contributed by atoms with van der Waals surface area (Å²) in [4.78, 5) is 0. The maximum Gasteiger partial charge on any atom is -0.147 e. The summed E-state index contributed by atoms with van der Waals surface area (Å²) in [5.41, 5.74) is 20.5. The summed E-state index contributed by atoms with van der Waals surface area (Å²) in [6.45, 7) is 18.9. The fraction of sp³-hybridized carbons (Fsp3) is 0.300. The molecular weight excluding hydrogens is 671 g/mol. The van der Waals surface area contributed by atoms with Crippen LogP contribution in [-0.4, -0.2) is 6.88 Å². The minimum absolute atomic E-state index is 0. The van der Waals surface area contributed by atoms with E-state index in [9.17, 15) is 0 Å². The van der Waals surface area contributed by atoms with Crippen molar-refractivity contribution < 1.29 is 17.4 Å². The second-order valence-electron chi connectivity index (χ2n) is 14.6. The van der Waals surface area contributed by atoms with Crippen LogP contribution in [-0.2, 0) is 17.4 Å². The third-order valence-corrected chi connectivity index (χ3v) is 28.3. The molecular formula is C40H48Cl2SiZr. The van der Waals surface area contributed by atoms with Crippen LogP contribution in [0.15, 0.2) is 83.9 Å². The van der Waals surface area contributed by atoms with Crippen LogP contribution in [0.3, 0.4) is 0 Å². The van der Waals surface area contributed by atoms with E-state index in [2.05, 4.69) is 150 Å². The summed E-state index contributed by atoms with van der Waals surface area (Å²) in [5.74, 6) is 0.513. The van der Waals surface area contributed by atoms with Crippen LogP contribution in [0, 0.1) is 33.6 Å². The SMILES string of the molecule is CC1=Cc2c(-c3ccc(C)c(C)c3C)ccc(C)c2[CH]1[Zr]([CH3])([CH3])(=[SiH2])[CH]1C(C(C)C)=Cc2c(-c3ccccc3)cccc21.Cl.Cl. The average Bonchev–Trinajstić information content (AvgIpc) is 3.53. The van der Waals surface area contributed by atoms with Gasteiger partial charge in [0.25, 0.3) is 0 Å². The molecule has 4 aromatic carbocycles. The molecule has 6 rings (SSSR count). The summed E-state index contributed by atoms with van der Waals surface area (Å²) in [7, 11) is 0. The molecule has 0 saturated carbocycles. The van der Waals surface area contributed by atoms with Crippen molar-refractivity contribution in [1.82, 2.24) is 0 Å². The predicted octanol–water partition coefficient (Wildman–Crippen LogP) is 11.7. The summed E-state index contributed by atoms with van der Waals surface area (Å²) in [6, 6.07) is 27.6. The van der Waals surface area contributed by atoms with Crippen molar-refractivity contribution in [3.05, 3.63) is 128 Å². The van der Waals surface area contributed by atoms with Gasteiger partial charge in [0, 0.05) is 0 Å². The van der Waals surface area contributed by atoms with Crippen LogP contribution in [0.5, 0.6) is 0 Å². The van der Waals surface area contributed by atoms with Gasteiger partial charge in [-0.25, -0.2) is 0 Å². The van der Waals surface area contributed by atoms with E-state index in [-0.39, 0.29) is 24.8 Å². The second-order valence-corrected chi connectivity index (χ2v) is 45.1. The van der Waals surface area contributed by atoms with Crippen LogP contribution in [0.1, 0.15) is 72.5 Å². The Morgan fingerprint density at radius 2 is 1.25 bits per heavy atom. The van der Waals surface area contributed by atoms with Crippen molar-refractivity contribution in [2.45, 2.75) is 65.0 Å². The van der Waals surface area contributed by atoms with Gasteiger partial charge in [-0.15, -0.1) is 24.8 Å². The predicted molar refractivity (Wildman–Crippen MR) is 199 cm³/mol. The molecule has 0 amide bonds. The Labute approximate surface area is 280 Å². The molecule has 44 heavy (non-hydrogen) atoms. The van der Waals surface area contributed by atoms with E-state index < -0.39 is 17.4 Å². The minimum Gasteiger partial charge on any atom is -0.147 e. The molecule has 4 heteroatoms. The molecule has 0 N–H and O–H groups in total. The molecule has 0 radical (unpaired) electrons. The number of allylic oxidation sites excluding steroid dienone is 2. The van der Waals surface area contributed by atoms with Crippen LogP contribution < -0.4 is 0 Å². The molecule has 2 unspecified atom stereocenters. The van der Waals surface area contributed by atoms with Crippen LogP contribution in [0.2, 0.25) is 9.26 Å². The molecule has 2 aliphatic carbocycles. The third-order valence-electron chi connectivity index (χ3n) is 10.7. The number of rotatable bonds is 5. The molecule has 0 aromatic heterocycles. The fourth-order valence-electron chi connectivity index (χ4n) is 8.55. The van der Waals surface area contributed by atoms with E-state index in [1.807, 2.05) is 0 Å². The van der Waals surface area contributed by atoms with Gasteiger partial charge in [-0.1, -0.05) is 0 Å². The normalized spacial score (nSPS) is 17.3. The zero-order valence-electron chi connectivity index (χ0n) is 27.8. The molecule has 0 nitrogen and oxygen atoms in total. The molecule has 0 aliphatic heterocycles. The van der Waals surface area contributed by atoms with Gasteiger partial charge in [0.05, 0.1) is 0 Å². The standard InChI is InChI=1S/C20H21.C18H17.2CH3.2ClH.H2Si.Zr/c1-12-10-19-14(3)7-9-18(20(19)11-12)17-8-6-13(2)15(4)16(17)5;1-13(2)16-11-15-9-6-10-17(18(15)12-16)14-7-4-3-5-8-14;;;;;;/h6-11H,1-5H3;3-13H,1-2H3;2*1H3;2*1H;1H2;. The quantitative estimate of drug-likeness (QED) is 0.180. The van der Waals surface area contributed by atoms with Gasteiger partial charge in [0.1, 0.15) is 0 Å². The van der Waals surface area contributed by atoms with E-state index in [1.165, 1.54) is 55.6 Å². The topological polar surface area (TPSA) is 0 Å². The number of hydrogen-bond acceptors (Lipinski definition) is 0. The Morgan fingerprint density at radius 3 is 1.91 bits per heavy atom. The minimum atomic E-state index is -3.67. The fourth-order valence-corrected chi connectivity index (χ4v) is 29.2. The molecule has 0 bridgehead atoms. The first kappa shape index (κ1) is 34.9. The van der Waals surface area contributed by atoms with Crippen molar-refractivity contribution >= 4 is 43.8 Å². The largest absolute Gasteiger partial charge is 0.147 e. The first-order valence-electron chi connectivity index (χ1n) is 15.7. The summed E-state index contributed by atoms with van der Waals surface area (Å²) >= 11 is -3.67. The first-order chi connectivity index (χ1) is 19.8. The number of halogens is 2. The molecule has 2 atom stereocenters. The van der Waals surface area contributed by atoms with Gasteiger partial charge in [-0.2, -0.15) is 0 Å². The Hall–Kier alpha value is -1.96. The number of hydrogen-bond donors (Lipinski definition) is 0. The van der Waals surface area contributed by atoms with E-state index in [0.29, 0.717) is 13.2 Å². The van der Waals surface area contributed by atoms with E-state index in [1.54, 1.807) is 22.3 Å². The van der Waals surface area contributed by atoms with Crippen molar-refractivity contribution in [2.24, 2.45) is 5.92 Å². The Morgan fingerprint density at radius 1 is 0.614 bits per heavy atom. The zero-order chi connectivity index (χ0) is 30.2. The second kappa shape index (κ2) is 12.3. The maximum atomic E-state index is 2.77. The average molecular weight is 719 g/mol. The van der Waals surface area contributed by atoms with Gasteiger partial charge >= 0.3 is 258 Å². The number of benzene rings is 4. The Kier molecular flexibility index (Phi) is 9.78. The smallest absolute Gasteiger partial charge is 0.147 e. The molecule has 2 aliphatic rings. The van der Waals surface area contributed by atoms with Crippen molar-refractivity contribution in [2.75, 3.05) is 0 Å². The van der Waals surface area contributed by atoms with Crippen LogP contribution in [0.25, 0.3) is 34.4 Å². The van der Waals surface area contributed by atoms with Gasteiger partial charge in [-0.05, 0) is 0 Å². The zero-order valence-corrected chi connectivity index (χ0v) is 33.3. The monoisotopic (exact) mass is 716 g/mol. The molecule has 4 aromatic rings. The van der Waals surface area contributed by atoms with E-state index in [4.69, 9.17) is 0 Å². The number of fused-ring (bicyclic) bond motifs is 2. The molecule has 0 fully saturated rings. The van der Waals surface area contributed by atoms with Crippen molar-refractivity contribution in [1.29, 1.82) is 0 Å². The van der Waals surface area contributed by atoms with Crippen LogP contribution in [0.4, 0.5) is 0 Å². The van der Waals surface area contributed by atoms with Gasteiger partial charge < -0.3 is 0 Å². The van der Waals surface area contributed by atoms with Crippen molar-refractivity contribution in [3.8, 4) is 22.3 Å². The molecule has 230 valence electrons. The Balaban J connectivity index is 0.00000221. The van der Waals surface area contributed by atoms with Gasteiger partial charge in [0.15, 0.2) is 0 Å². The summed E-state index contributed by atoms with van der Waals surface area (Å²) in [6.07, 6.45) is 5.16. The molecule has 0 spiro atoms. The van der Waals surface area contributed by atoms with Gasteiger partial charge in [-0.3, -0.25) is 0 Å². The molecule has 0 heterocycles. The van der Waals surface area contributed by atoms with E-state index in [0.717, 1.165) is 0 Å².